The number of fused-ring (bicyclic) bond motifs is 2. The first-order valence-corrected chi connectivity index (χ1v) is 22.3. The molecule has 4 aliphatic carbocycles. The van der Waals surface area contributed by atoms with E-state index in [4.69, 9.17) is 14.8 Å². The van der Waals surface area contributed by atoms with Gasteiger partial charge in [-0.05, 0) is 117 Å². The van der Waals surface area contributed by atoms with Crippen LogP contribution in [0.5, 0.6) is 0 Å². The van der Waals surface area contributed by atoms with Gasteiger partial charge in [-0.15, -0.1) is 0 Å². The Morgan fingerprint density at radius 2 is 1.72 bits per heavy atom. The molecule has 2 atom stereocenters. The molecule has 320 valence electrons. The topological polar surface area (TPSA) is 155 Å². The molecule has 5 aromatic rings. The van der Waals surface area contributed by atoms with Crippen LogP contribution < -0.4 is 15.5 Å². The molecule has 0 radical (unpaired) electrons. The number of anilines is 2. The lowest BCUT2D eigenvalue weighted by Crippen LogP contribution is -2.64. The van der Waals surface area contributed by atoms with Gasteiger partial charge in [0.2, 0.25) is 5.91 Å². The largest absolute Gasteiger partial charge is 0.476 e. The van der Waals surface area contributed by atoms with Crippen molar-refractivity contribution in [3.63, 3.8) is 0 Å². The van der Waals surface area contributed by atoms with E-state index in [0.29, 0.717) is 61.2 Å². The number of carboxylic acid groups (broad SMARTS) is 1. The van der Waals surface area contributed by atoms with Crippen molar-refractivity contribution < 1.29 is 24.2 Å². The summed E-state index contributed by atoms with van der Waals surface area (Å²) >= 11 is 1.44. The summed E-state index contributed by atoms with van der Waals surface area (Å²) in [6, 6.07) is 17.4. The smallest absolute Gasteiger partial charge is 0.355 e. The zero-order valence-corrected chi connectivity index (χ0v) is 36.7. The third-order valence-electron chi connectivity index (χ3n) is 13.9. The van der Waals surface area contributed by atoms with E-state index in [9.17, 15) is 19.5 Å². The van der Waals surface area contributed by atoms with E-state index in [1.807, 2.05) is 62.5 Å². The highest BCUT2D eigenvalue weighted by Crippen LogP contribution is 2.72. The highest BCUT2D eigenvalue weighted by atomic mass is 32.1. The maximum atomic E-state index is 13.7. The van der Waals surface area contributed by atoms with Gasteiger partial charge in [-0.1, -0.05) is 49.4 Å². The van der Waals surface area contributed by atoms with Gasteiger partial charge in [0, 0.05) is 68.6 Å². The zero-order chi connectivity index (χ0) is 42.7. The van der Waals surface area contributed by atoms with E-state index in [1.165, 1.54) is 17.8 Å². The predicted octanol–water partition coefficient (Wildman–Crippen LogP) is 7.58. The lowest BCUT2D eigenvalue weighted by Gasteiger charge is -2.69. The van der Waals surface area contributed by atoms with Crippen molar-refractivity contribution >= 4 is 50.3 Å². The molecular formula is C47H56N8O5S. The van der Waals surface area contributed by atoms with Gasteiger partial charge in [-0.25, -0.2) is 14.8 Å². The number of nitrogens with one attached hydrogen (secondary N) is 2. The van der Waals surface area contributed by atoms with Crippen molar-refractivity contribution in [2.24, 2.45) is 16.2 Å². The van der Waals surface area contributed by atoms with E-state index in [1.54, 1.807) is 13.2 Å². The first kappa shape index (κ1) is 41.2. The molecule has 3 aromatic heterocycles. The minimum atomic E-state index is -1.10. The number of pyridine rings is 1. The molecule has 4 heterocycles. The average Bonchev–Trinajstić information content (AvgIpc) is 3.79. The molecule has 14 heteroatoms. The third kappa shape index (κ3) is 8.05. The number of carbonyl (C=O) groups is 3. The maximum absolute atomic E-state index is 13.7. The van der Waals surface area contributed by atoms with Crippen LogP contribution in [0.1, 0.15) is 96.5 Å². The van der Waals surface area contributed by atoms with Crippen molar-refractivity contribution in [2.75, 3.05) is 50.6 Å². The minimum Gasteiger partial charge on any atom is -0.476 e. The Kier molecular flexibility index (Phi) is 10.5. The molecule has 13 nitrogen and oxygen atoms in total. The molecule has 0 saturated heterocycles. The van der Waals surface area contributed by atoms with Crippen molar-refractivity contribution in [1.82, 2.24) is 30.0 Å². The van der Waals surface area contributed by atoms with E-state index in [2.05, 4.69) is 50.0 Å². The molecule has 2 aromatic carbocycles. The molecule has 4 fully saturated rings. The van der Waals surface area contributed by atoms with Crippen LogP contribution in [0.4, 0.5) is 10.9 Å². The number of ether oxygens (including phenoxy) is 1. The van der Waals surface area contributed by atoms with Crippen LogP contribution in [0.2, 0.25) is 0 Å². The Bertz CT molecular complexity index is 2480. The van der Waals surface area contributed by atoms with Gasteiger partial charge < -0.3 is 25.0 Å². The fraction of sp³-hybridized carbons (Fsp3) is 0.489. The summed E-state index contributed by atoms with van der Waals surface area (Å²) in [7, 11) is 3.72. The normalized spacial score (nSPS) is 25.2. The third-order valence-corrected chi connectivity index (χ3v) is 14.8. The predicted molar refractivity (Wildman–Crippen MR) is 237 cm³/mol. The fourth-order valence-corrected chi connectivity index (χ4v) is 13.2. The van der Waals surface area contributed by atoms with Crippen LogP contribution in [-0.4, -0.2) is 93.5 Å². The molecule has 61 heavy (non-hydrogen) atoms. The SMILES string of the molecule is CNC(=O)CCN(C)CCOC12CC3(C)CC(C)(CC(Cn4ncc(-c5ccc(N6CCc7cccc(C(=O)Nc8nc9ccccc9s8)c7C6)nc5C(=O)O)c4C)(C3)C1)C2. The number of likely N-dealkylation sites (N-methyl/N-ethyl adjacent to an activating group) is 1. The molecule has 1 aliphatic heterocycles. The van der Waals surface area contributed by atoms with Crippen LogP contribution in [0.25, 0.3) is 21.3 Å². The molecule has 2 amide bonds. The van der Waals surface area contributed by atoms with Crippen LogP contribution in [0.15, 0.2) is 60.8 Å². The molecular weight excluding hydrogens is 789 g/mol. The Morgan fingerprint density at radius 1 is 0.934 bits per heavy atom. The molecule has 10 rings (SSSR count). The number of hydrogen-bond donors (Lipinski definition) is 3. The summed E-state index contributed by atoms with van der Waals surface area (Å²) < 4.78 is 10.0. The lowest BCUT2D eigenvalue weighted by atomic mass is 9.39. The van der Waals surface area contributed by atoms with Gasteiger partial charge in [-0.2, -0.15) is 5.10 Å². The summed E-state index contributed by atoms with van der Waals surface area (Å²) in [5, 5.41) is 21.8. The average molecular weight is 845 g/mol. The quantitative estimate of drug-likeness (QED) is 0.102. The Labute approximate surface area is 360 Å². The van der Waals surface area contributed by atoms with Crippen molar-refractivity contribution in [3.8, 4) is 11.1 Å². The summed E-state index contributed by atoms with van der Waals surface area (Å²) in [6.07, 6.45) is 9.49. The maximum Gasteiger partial charge on any atom is 0.355 e. The molecule has 5 aliphatic rings. The summed E-state index contributed by atoms with van der Waals surface area (Å²) in [5.41, 5.74) is 5.76. The van der Waals surface area contributed by atoms with Crippen LogP contribution >= 0.6 is 11.3 Å². The molecule has 4 saturated carbocycles. The number of rotatable bonds is 14. The Hall–Kier alpha value is -5.18. The van der Waals surface area contributed by atoms with Gasteiger partial charge in [0.05, 0.1) is 28.6 Å². The second-order valence-electron chi connectivity index (χ2n) is 19.2. The number of nitrogens with zero attached hydrogens (tertiary/aromatic N) is 6. The number of amides is 2. The number of hydrogen-bond acceptors (Lipinski definition) is 10. The van der Waals surface area contributed by atoms with E-state index in [-0.39, 0.29) is 39.4 Å². The van der Waals surface area contributed by atoms with Crippen molar-refractivity contribution in [3.05, 3.63) is 88.9 Å². The monoisotopic (exact) mass is 844 g/mol. The Morgan fingerprint density at radius 3 is 2.48 bits per heavy atom. The Balaban J connectivity index is 0.922. The number of carbonyl (C=O) groups excluding carboxylic acids is 2. The number of thiazole rings is 1. The van der Waals surface area contributed by atoms with Gasteiger partial charge in [-0.3, -0.25) is 19.6 Å². The minimum absolute atomic E-state index is 0.00382. The zero-order valence-electron chi connectivity index (χ0n) is 35.8. The number of aromatic carboxylic acids is 1. The number of aromatic nitrogens is 4. The van der Waals surface area contributed by atoms with Gasteiger partial charge in [0.1, 0.15) is 5.82 Å². The van der Waals surface area contributed by atoms with E-state index >= 15 is 0 Å². The fourth-order valence-electron chi connectivity index (χ4n) is 12.4. The van der Waals surface area contributed by atoms with Gasteiger partial charge in [0.15, 0.2) is 10.8 Å². The second kappa shape index (κ2) is 15.6. The highest BCUT2D eigenvalue weighted by molar-refractivity contribution is 7.22. The number of benzene rings is 2. The second-order valence-corrected chi connectivity index (χ2v) is 20.2. The lowest BCUT2D eigenvalue weighted by molar-refractivity contribution is -0.248. The molecule has 2 unspecified atom stereocenters. The van der Waals surface area contributed by atoms with Crippen molar-refractivity contribution in [1.29, 1.82) is 0 Å². The standard InChI is InChI=1S/C47H56N8O5S/c1-30-34(21-49-55(30)29-46-24-44(2)23-45(3,25-46)27-47(26-44,28-46)60-20-19-53(5)17-16-39(56)48-4)32-13-14-38(51-40(32)42(58)59)54-18-15-31-9-8-10-33(35(31)22-54)41(57)52-43-50-36-11-6-7-12-37(36)61-43/h6-14,21H,15-20,22-29H2,1-5H3,(H,48,56)(H,58,59)(H,50,52,57). The van der Waals surface area contributed by atoms with E-state index in [0.717, 1.165) is 77.8 Å². The van der Waals surface area contributed by atoms with Crippen LogP contribution in [0.3, 0.4) is 0 Å². The van der Waals surface area contributed by atoms with Crippen LogP contribution in [-0.2, 0) is 29.0 Å². The first-order chi connectivity index (χ1) is 29.2. The van der Waals surface area contributed by atoms with Gasteiger partial charge in [0.25, 0.3) is 5.91 Å². The summed E-state index contributed by atoms with van der Waals surface area (Å²) in [4.78, 5) is 52.0. The molecule has 0 spiro atoms. The molecule has 3 N–H and O–H groups in total. The molecule has 4 bridgehead atoms. The van der Waals surface area contributed by atoms with Crippen molar-refractivity contribution in [2.45, 2.75) is 90.8 Å². The highest BCUT2D eigenvalue weighted by Gasteiger charge is 2.66. The number of carboxylic acids is 1. The number of para-hydroxylation sites is 1. The van der Waals surface area contributed by atoms with Crippen LogP contribution in [0, 0.1) is 23.2 Å². The summed E-state index contributed by atoms with van der Waals surface area (Å²) in [5.74, 6) is -0.725. The first-order valence-electron chi connectivity index (χ1n) is 21.5. The van der Waals surface area contributed by atoms with Gasteiger partial charge >= 0.3 is 5.97 Å². The summed E-state index contributed by atoms with van der Waals surface area (Å²) in [6.45, 7) is 10.8. The van der Waals surface area contributed by atoms with E-state index < -0.39 is 5.97 Å².